The zero-order valence-corrected chi connectivity index (χ0v) is 16.8. The highest BCUT2D eigenvalue weighted by molar-refractivity contribution is 7.13. The Balaban J connectivity index is 1.52. The van der Waals surface area contributed by atoms with Gasteiger partial charge in [-0.25, -0.2) is 9.78 Å². The summed E-state index contributed by atoms with van der Waals surface area (Å²) in [6, 6.07) is 16.7. The first kappa shape index (κ1) is 19.1. The zero-order chi connectivity index (χ0) is 20.2. The lowest BCUT2D eigenvalue weighted by atomic mass is 9.94. The monoisotopic (exact) mass is 407 g/mol. The van der Waals surface area contributed by atoms with Crippen LogP contribution in [0.2, 0.25) is 0 Å². The van der Waals surface area contributed by atoms with E-state index in [-0.39, 0.29) is 12.5 Å². The second kappa shape index (κ2) is 8.45. The van der Waals surface area contributed by atoms with E-state index in [1.807, 2.05) is 66.9 Å². The van der Waals surface area contributed by atoms with Crippen molar-refractivity contribution < 1.29 is 14.3 Å². The fourth-order valence-corrected chi connectivity index (χ4v) is 4.04. The van der Waals surface area contributed by atoms with E-state index in [0.717, 1.165) is 22.4 Å². The quantitative estimate of drug-likeness (QED) is 0.705. The number of thiazole rings is 1. The van der Waals surface area contributed by atoms with Gasteiger partial charge in [0.05, 0.1) is 12.2 Å². The van der Waals surface area contributed by atoms with Gasteiger partial charge in [-0.15, -0.1) is 11.3 Å². The van der Waals surface area contributed by atoms with E-state index >= 15 is 0 Å². The Labute approximate surface area is 173 Å². The lowest BCUT2D eigenvalue weighted by molar-refractivity contribution is -0.121. The number of carbonyl (C=O) groups excluding carboxylic acids is 2. The maximum absolute atomic E-state index is 13.0. The van der Waals surface area contributed by atoms with Gasteiger partial charge in [-0.3, -0.25) is 9.69 Å². The van der Waals surface area contributed by atoms with Crippen LogP contribution in [0.15, 0.2) is 60.0 Å². The third kappa shape index (κ3) is 4.46. The summed E-state index contributed by atoms with van der Waals surface area (Å²) < 4.78 is 5.51. The smallest absolute Gasteiger partial charge is 0.411 e. The summed E-state index contributed by atoms with van der Waals surface area (Å²) >= 11 is 1.37. The number of ether oxygens (including phenoxy) is 1. The molecule has 2 heterocycles. The van der Waals surface area contributed by atoms with Crippen molar-refractivity contribution in [2.45, 2.75) is 32.5 Å². The molecule has 0 saturated heterocycles. The summed E-state index contributed by atoms with van der Waals surface area (Å²) in [5.41, 5.74) is 3.84. The van der Waals surface area contributed by atoms with E-state index in [1.165, 1.54) is 16.2 Å². The molecule has 4 rings (SSSR count). The Morgan fingerprint density at radius 1 is 1.14 bits per heavy atom. The number of fused-ring (bicyclic) bond motifs is 1. The average molecular weight is 407 g/mol. The number of amides is 2. The summed E-state index contributed by atoms with van der Waals surface area (Å²) in [4.78, 5) is 31.6. The minimum Gasteiger partial charge on any atom is -0.445 e. The van der Waals surface area contributed by atoms with Crippen LogP contribution in [0.25, 0.3) is 0 Å². The number of benzene rings is 2. The summed E-state index contributed by atoms with van der Waals surface area (Å²) in [6.45, 7) is 2.37. The number of aromatic nitrogens is 1. The van der Waals surface area contributed by atoms with E-state index < -0.39 is 12.1 Å². The summed E-state index contributed by atoms with van der Waals surface area (Å²) in [6.07, 6.45) is -0.0638. The molecule has 1 aliphatic rings. The second-order valence-corrected chi connectivity index (χ2v) is 7.80. The summed E-state index contributed by atoms with van der Waals surface area (Å²) in [5, 5.41) is 5.25. The average Bonchev–Trinajstić information content (AvgIpc) is 3.16. The maximum atomic E-state index is 13.0. The normalized spacial score (nSPS) is 15.5. The highest BCUT2D eigenvalue weighted by Crippen LogP contribution is 2.26. The first-order valence-electron chi connectivity index (χ1n) is 9.37. The molecular weight excluding hydrogens is 386 g/mol. The standard InChI is InChI=1S/C22H21N3O3S/c1-15-14-29-21(23-15)24-20(26)19-11-17-9-5-6-10-18(17)12-25(19)22(27)28-13-16-7-3-2-4-8-16/h2-10,14,19H,11-13H2,1H3,(H,23,24,26)/t19-/m0/s1. The largest absolute Gasteiger partial charge is 0.445 e. The number of carbonyl (C=O) groups is 2. The van der Waals surface area contributed by atoms with Gasteiger partial charge in [0.1, 0.15) is 12.6 Å². The van der Waals surface area contributed by atoms with Crippen molar-refractivity contribution in [3.63, 3.8) is 0 Å². The van der Waals surface area contributed by atoms with Crippen molar-refractivity contribution in [3.8, 4) is 0 Å². The van der Waals surface area contributed by atoms with Crippen LogP contribution in [-0.2, 0) is 29.1 Å². The molecule has 1 aliphatic heterocycles. The van der Waals surface area contributed by atoms with Crippen molar-refractivity contribution in [2.24, 2.45) is 0 Å². The molecule has 0 bridgehead atoms. The van der Waals surface area contributed by atoms with Crippen LogP contribution in [0.3, 0.4) is 0 Å². The van der Waals surface area contributed by atoms with E-state index in [2.05, 4.69) is 10.3 Å². The third-order valence-electron chi connectivity index (χ3n) is 4.84. The van der Waals surface area contributed by atoms with Crippen molar-refractivity contribution in [1.29, 1.82) is 0 Å². The van der Waals surface area contributed by atoms with E-state index in [4.69, 9.17) is 4.74 Å². The minimum absolute atomic E-state index is 0.165. The van der Waals surface area contributed by atoms with Gasteiger partial charge < -0.3 is 10.1 Å². The van der Waals surface area contributed by atoms with Gasteiger partial charge in [0.25, 0.3) is 0 Å². The number of anilines is 1. The molecule has 1 N–H and O–H groups in total. The highest BCUT2D eigenvalue weighted by atomic mass is 32.1. The molecule has 0 saturated carbocycles. The van der Waals surface area contributed by atoms with E-state index in [1.54, 1.807) is 0 Å². The number of nitrogens with one attached hydrogen (secondary N) is 1. The van der Waals surface area contributed by atoms with Crippen molar-refractivity contribution in [2.75, 3.05) is 5.32 Å². The van der Waals surface area contributed by atoms with Crippen molar-refractivity contribution in [1.82, 2.24) is 9.88 Å². The third-order valence-corrected chi connectivity index (χ3v) is 5.72. The minimum atomic E-state index is -0.655. The molecule has 0 aliphatic carbocycles. The van der Waals surface area contributed by atoms with Crippen LogP contribution >= 0.6 is 11.3 Å². The van der Waals surface area contributed by atoms with Gasteiger partial charge in [0.2, 0.25) is 5.91 Å². The molecule has 0 radical (unpaired) electrons. The van der Waals surface area contributed by atoms with E-state index in [0.29, 0.717) is 18.1 Å². The second-order valence-electron chi connectivity index (χ2n) is 6.94. The first-order chi connectivity index (χ1) is 14.1. The molecule has 6 nitrogen and oxygen atoms in total. The molecule has 0 spiro atoms. The topological polar surface area (TPSA) is 71.5 Å². The van der Waals surface area contributed by atoms with Crippen LogP contribution in [0.4, 0.5) is 9.93 Å². The number of nitrogens with zero attached hydrogens (tertiary/aromatic N) is 2. The van der Waals surface area contributed by atoms with Gasteiger partial charge in [0.15, 0.2) is 5.13 Å². The van der Waals surface area contributed by atoms with Gasteiger partial charge in [-0.2, -0.15) is 0 Å². The molecular formula is C22H21N3O3S. The Morgan fingerprint density at radius 3 is 2.59 bits per heavy atom. The Bertz CT molecular complexity index is 1020. The van der Waals surface area contributed by atoms with Crippen LogP contribution in [0, 0.1) is 6.92 Å². The Kier molecular flexibility index (Phi) is 5.57. The van der Waals surface area contributed by atoms with Crippen molar-refractivity contribution >= 4 is 28.5 Å². The maximum Gasteiger partial charge on any atom is 0.411 e. The molecule has 1 aromatic heterocycles. The Morgan fingerprint density at radius 2 is 1.86 bits per heavy atom. The SMILES string of the molecule is Cc1csc(NC(=O)[C@@H]2Cc3ccccc3CN2C(=O)OCc2ccccc2)n1. The van der Waals surface area contributed by atoms with Crippen LogP contribution in [0.1, 0.15) is 22.4 Å². The molecule has 29 heavy (non-hydrogen) atoms. The first-order valence-corrected chi connectivity index (χ1v) is 10.3. The van der Waals surface area contributed by atoms with Crippen LogP contribution in [0.5, 0.6) is 0 Å². The lowest BCUT2D eigenvalue weighted by Gasteiger charge is -2.35. The molecule has 2 amide bonds. The number of hydrogen-bond acceptors (Lipinski definition) is 5. The molecule has 0 unspecified atom stereocenters. The van der Waals surface area contributed by atoms with Crippen molar-refractivity contribution in [3.05, 3.63) is 82.4 Å². The summed E-state index contributed by atoms with van der Waals surface area (Å²) in [5.74, 6) is -0.259. The molecule has 148 valence electrons. The Hall–Kier alpha value is -3.19. The van der Waals surface area contributed by atoms with Crippen LogP contribution in [-0.4, -0.2) is 27.9 Å². The molecule has 3 aromatic rings. The molecule has 7 heteroatoms. The lowest BCUT2D eigenvalue weighted by Crippen LogP contribution is -2.50. The highest BCUT2D eigenvalue weighted by Gasteiger charge is 2.35. The predicted molar refractivity (Wildman–Crippen MR) is 112 cm³/mol. The summed E-state index contributed by atoms with van der Waals surface area (Å²) in [7, 11) is 0. The van der Waals surface area contributed by atoms with Crippen LogP contribution < -0.4 is 5.32 Å². The van der Waals surface area contributed by atoms with Gasteiger partial charge in [-0.05, 0) is 23.6 Å². The predicted octanol–water partition coefficient (Wildman–Crippen LogP) is 4.15. The number of hydrogen-bond donors (Lipinski definition) is 1. The van der Waals surface area contributed by atoms with E-state index in [9.17, 15) is 9.59 Å². The van der Waals surface area contributed by atoms with Gasteiger partial charge >= 0.3 is 6.09 Å². The fraction of sp³-hybridized carbons (Fsp3) is 0.227. The number of rotatable bonds is 4. The fourth-order valence-electron chi connectivity index (χ4n) is 3.35. The molecule has 2 aromatic carbocycles. The number of aryl methyl sites for hydroxylation is 1. The zero-order valence-electron chi connectivity index (χ0n) is 16.0. The van der Waals surface area contributed by atoms with Gasteiger partial charge in [-0.1, -0.05) is 54.6 Å². The molecule has 0 fully saturated rings. The van der Waals surface area contributed by atoms with Gasteiger partial charge in [0, 0.05) is 11.8 Å². The molecule has 1 atom stereocenters.